The third-order valence-corrected chi connectivity index (χ3v) is 6.90. The van der Waals surface area contributed by atoms with E-state index in [4.69, 9.17) is 4.74 Å². The first-order chi connectivity index (χ1) is 11.8. The molecule has 0 spiro atoms. The van der Waals surface area contributed by atoms with Gasteiger partial charge in [-0.15, -0.1) is 11.3 Å². The number of likely N-dealkylation sites (tertiary alicyclic amines) is 1. The molecule has 4 rings (SSSR count). The van der Waals surface area contributed by atoms with Crippen LogP contribution in [-0.2, 0) is 17.6 Å². The quantitative estimate of drug-likeness (QED) is 0.842. The third kappa shape index (κ3) is 3.53. The number of morpholine rings is 1. The van der Waals surface area contributed by atoms with Gasteiger partial charge in [0.25, 0.3) is 5.91 Å². The van der Waals surface area contributed by atoms with Gasteiger partial charge in [0.1, 0.15) is 0 Å². The summed E-state index contributed by atoms with van der Waals surface area (Å²) < 4.78 is 5.43. The van der Waals surface area contributed by atoms with Crippen LogP contribution in [0.5, 0.6) is 0 Å². The van der Waals surface area contributed by atoms with Gasteiger partial charge in [0.2, 0.25) is 0 Å². The molecular weight excluding hydrogens is 320 g/mol. The Morgan fingerprint density at radius 3 is 2.67 bits per heavy atom. The molecule has 1 aromatic rings. The minimum atomic E-state index is 0.291. The Bertz CT molecular complexity index is 572. The van der Waals surface area contributed by atoms with Crippen LogP contribution >= 0.6 is 11.3 Å². The molecule has 0 radical (unpaired) electrons. The topological polar surface area (TPSA) is 32.8 Å². The van der Waals surface area contributed by atoms with E-state index in [1.807, 2.05) is 0 Å². The van der Waals surface area contributed by atoms with Gasteiger partial charge in [0.15, 0.2) is 0 Å². The lowest BCUT2D eigenvalue weighted by molar-refractivity contribution is 0.0243. The van der Waals surface area contributed by atoms with Crippen molar-refractivity contribution >= 4 is 17.2 Å². The first-order valence-electron chi connectivity index (χ1n) is 9.50. The molecule has 0 atom stereocenters. The minimum absolute atomic E-state index is 0.291. The second-order valence-electron chi connectivity index (χ2n) is 7.41. The molecule has 0 unspecified atom stereocenters. The van der Waals surface area contributed by atoms with Crippen LogP contribution in [0.4, 0.5) is 0 Å². The Morgan fingerprint density at radius 1 is 1.12 bits per heavy atom. The molecule has 5 heteroatoms. The van der Waals surface area contributed by atoms with Crippen LogP contribution in [0.25, 0.3) is 0 Å². The average Bonchev–Trinajstić information content (AvgIpc) is 3.07. The first-order valence-corrected chi connectivity index (χ1v) is 10.4. The lowest BCUT2D eigenvalue weighted by atomic mass is 9.93. The maximum absolute atomic E-state index is 12.9. The summed E-state index contributed by atoms with van der Waals surface area (Å²) in [6, 6.07) is 0. The van der Waals surface area contributed by atoms with Crippen molar-refractivity contribution in [2.45, 2.75) is 38.5 Å². The van der Waals surface area contributed by atoms with Crippen molar-refractivity contribution in [3.63, 3.8) is 0 Å². The maximum atomic E-state index is 12.9. The third-order valence-electron chi connectivity index (χ3n) is 5.81. The number of ether oxygens (including phenoxy) is 1. The smallest absolute Gasteiger partial charge is 0.254 e. The van der Waals surface area contributed by atoms with E-state index in [1.165, 1.54) is 36.2 Å². The molecule has 1 aromatic heterocycles. The lowest BCUT2D eigenvalue weighted by Gasteiger charge is -2.36. The summed E-state index contributed by atoms with van der Waals surface area (Å²) in [7, 11) is 0. The van der Waals surface area contributed by atoms with E-state index in [0.29, 0.717) is 5.91 Å². The van der Waals surface area contributed by atoms with Crippen molar-refractivity contribution in [2.24, 2.45) is 5.92 Å². The molecule has 0 saturated carbocycles. The second kappa shape index (κ2) is 7.54. The fourth-order valence-electron chi connectivity index (χ4n) is 4.31. The van der Waals surface area contributed by atoms with Crippen molar-refractivity contribution in [1.29, 1.82) is 0 Å². The Balaban J connectivity index is 1.32. The summed E-state index contributed by atoms with van der Waals surface area (Å²) in [6.07, 6.45) is 7.10. The van der Waals surface area contributed by atoms with Gasteiger partial charge in [0.05, 0.1) is 18.8 Å². The monoisotopic (exact) mass is 348 g/mol. The van der Waals surface area contributed by atoms with Gasteiger partial charge >= 0.3 is 0 Å². The van der Waals surface area contributed by atoms with E-state index in [-0.39, 0.29) is 0 Å². The number of carbonyl (C=O) groups excluding carboxylic acids is 1. The van der Waals surface area contributed by atoms with E-state index in [0.717, 1.165) is 70.1 Å². The molecule has 2 fully saturated rings. The number of hydrogen-bond acceptors (Lipinski definition) is 4. The standard InChI is InChI=1S/C19H28N2O2S/c22-19(17-14-24-18-4-2-1-3-16(17)18)21-7-5-15(6-8-21)13-20-9-11-23-12-10-20/h14-15H,1-13H2. The Labute approximate surface area is 148 Å². The van der Waals surface area contributed by atoms with Gasteiger partial charge in [0, 0.05) is 43.0 Å². The molecule has 3 heterocycles. The summed E-state index contributed by atoms with van der Waals surface area (Å²) in [5.74, 6) is 1.03. The highest BCUT2D eigenvalue weighted by atomic mass is 32.1. The largest absolute Gasteiger partial charge is 0.379 e. The zero-order chi connectivity index (χ0) is 16.4. The van der Waals surface area contributed by atoms with E-state index in [9.17, 15) is 4.79 Å². The Kier molecular flexibility index (Phi) is 5.20. The Hall–Kier alpha value is -0.910. The van der Waals surface area contributed by atoms with E-state index >= 15 is 0 Å². The summed E-state index contributed by atoms with van der Waals surface area (Å²) >= 11 is 1.80. The van der Waals surface area contributed by atoms with Crippen molar-refractivity contribution in [1.82, 2.24) is 9.80 Å². The predicted molar refractivity (Wildman–Crippen MR) is 96.8 cm³/mol. The highest BCUT2D eigenvalue weighted by Crippen LogP contribution is 2.31. The maximum Gasteiger partial charge on any atom is 0.254 e. The van der Waals surface area contributed by atoms with Crippen molar-refractivity contribution in [3.8, 4) is 0 Å². The van der Waals surface area contributed by atoms with Crippen LogP contribution in [0.15, 0.2) is 5.38 Å². The number of nitrogens with zero attached hydrogens (tertiary/aromatic N) is 2. The van der Waals surface area contributed by atoms with Crippen LogP contribution in [-0.4, -0.2) is 61.6 Å². The minimum Gasteiger partial charge on any atom is -0.379 e. The first kappa shape index (κ1) is 16.6. The number of rotatable bonds is 3. The molecule has 3 aliphatic rings. The van der Waals surface area contributed by atoms with Crippen molar-refractivity contribution < 1.29 is 9.53 Å². The molecule has 1 amide bonds. The molecule has 0 aromatic carbocycles. The molecule has 0 N–H and O–H groups in total. The molecule has 1 aliphatic carbocycles. The Morgan fingerprint density at radius 2 is 1.88 bits per heavy atom. The van der Waals surface area contributed by atoms with Crippen LogP contribution < -0.4 is 0 Å². The van der Waals surface area contributed by atoms with Crippen LogP contribution in [0.1, 0.15) is 46.5 Å². The summed E-state index contributed by atoms with van der Waals surface area (Å²) in [5, 5.41) is 2.12. The van der Waals surface area contributed by atoms with Gasteiger partial charge < -0.3 is 9.64 Å². The lowest BCUT2D eigenvalue weighted by Crippen LogP contribution is -2.44. The number of hydrogen-bond donors (Lipinski definition) is 0. The molecule has 4 nitrogen and oxygen atoms in total. The number of amides is 1. The molecular formula is C19H28N2O2S. The van der Waals surface area contributed by atoms with Crippen LogP contribution in [0, 0.1) is 5.92 Å². The van der Waals surface area contributed by atoms with Crippen LogP contribution in [0.2, 0.25) is 0 Å². The van der Waals surface area contributed by atoms with Gasteiger partial charge in [-0.2, -0.15) is 0 Å². The van der Waals surface area contributed by atoms with Gasteiger partial charge in [-0.25, -0.2) is 0 Å². The van der Waals surface area contributed by atoms with Gasteiger partial charge in [-0.1, -0.05) is 0 Å². The molecule has 2 saturated heterocycles. The highest BCUT2D eigenvalue weighted by molar-refractivity contribution is 7.10. The second-order valence-corrected chi connectivity index (χ2v) is 8.37. The number of fused-ring (bicyclic) bond motifs is 1. The fourth-order valence-corrected chi connectivity index (χ4v) is 5.43. The summed E-state index contributed by atoms with van der Waals surface area (Å²) in [4.78, 5) is 19.0. The molecule has 24 heavy (non-hydrogen) atoms. The number of thiophene rings is 1. The number of aryl methyl sites for hydroxylation is 1. The zero-order valence-corrected chi connectivity index (χ0v) is 15.3. The highest BCUT2D eigenvalue weighted by Gasteiger charge is 2.28. The van der Waals surface area contributed by atoms with Gasteiger partial charge in [-0.05, 0) is 50.0 Å². The normalized spacial score (nSPS) is 23.2. The number of carbonyl (C=O) groups is 1. The van der Waals surface area contributed by atoms with E-state index < -0.39 is 0 Å². The van der Waals surface area contributed by atoms with Gasteiger partial charge in [-0.3, -0.25) is 9.69 Å². The van der Waals surface area contributed by atoms with Crippen molar-refractivity contribution in [2.75, 3.05) is 45.9 Å². The zero-order valence-electron chi connectivity index (χ0n) is 14.5. The summed E-state index contributed by atoms with van der Waals surface area (Å²) in [6.45, 7) is 6.93. The molecule has 0 bridgehead atoms. The average molecular weight is 349 g/mol. The van der Waals surface area contributed by atoms with E-state index in [2.05, 4.69) is 15.2 Å². The van der Waals surface area contributed by atoms with Crippen LogP contribution in [0.3, 0.4) is 0 Å². The molecule has 2 aliphatic heterocycles. The van der Waals surface area contributed by atoms with E-state index in [1.54, 1.807) is 11.3 Å². The fraction of sp³-hybridized carbons (Fsp3) is 0.737. The molecule has 132 valence electrons. The van der Waals surface area contributed by atoms with Crippen molar-refractivity contribution in [3.05, 3.63) is 21.4 Å². The summed E-state index contributed by atoms with van der Waals surface area (Å²) in [5.41, 5.74) is 2.38. The SMILES string of the molecule is O=C(c1csc2c1CCCC2)N1CCC(CN2CCOCC2)CC1. The number of piperidine rings is 1. The predicted octanol–water partition coefficient (Wildman–Crippen LogP) is 2.81.